The molecule has 2 rings (SSSR count). The van der Waals surface area contributed by atoms with Crippen LogP contribution in [0.3, 0.4) is 0 Å². The summed E-state index contributed by atoms with van der Waals surface area (Å²) in [5.74, 6) is 1.06. The highest BCUT2D eigenvalue weighted by Crippen LogP contribution is 2.17. The van der Waals surface area contributed by atoms with Crippen LogP contribution in [-0.4, -0.2) is 26.1 Å². The van der Waals surface area contributed by atoms with Gasteiger partial charge in [-0.2, -0.15) is 0 Å². The molecule has 4 nitrogen and oxygen atoms in total. The van der Waals surface area contributed by atoms with E-state index in [-0.39, 0.29) is 24.2 Å². The zero-order valence-corrected chi connectivity index (χ0v) is 12.0. The Balaban J connectivity index is 0.00000180. The Labute approximate surface area is 120 Å². The maximum Gasteiger partial charge on any atom is 0.224 e. The predicted octanol–water partition coefficient (Wildman–Crippen LogP) is 1.73. The van der Waals surface area contributed by atoms with E-state index >= 15 is 0 Å². The van der Waals surface area contributed by atoms with Crippen molar-refractivity contribution in [2.45, 2.75) is 19.4 Å². The van der Waals surface area contributed by atoms with Crippen LogP contribution in [0.1, 0.15) is 18.4 Å². The number of amides is 1. The molecule has 0 aromatic heterocycles. The minimum absolute atomic E-state index is 0. The maximum atomic E-state index is 12.0. The molecule has 1 aromatic rings. The summed E-state index contributed by atoms with van der Waals surface area (Å²) in [4.78, 5) is 12.0. The van der Waals surface area contributed by atoms with Crippen LogP contribution in [0.5, 0.6) is 5.75 Å². The number of rotatable bonds is 4. The molecule has 1 atom stereocenters. The number of benzene rings is 1. The smallest absolute Gasteiger partial charge is 0.224 e. The number of nitrogens with one attached hydrogen (secondary N) is 2. The molecule has 0 spiro atoms. The van der Waals surface area contributed by atoms with E-state index in [9.17, 15) is 4.79 Å². The lowest BCUT2D eigenvalue weighted by atomic mass is 9.99. The Hall–Kier alpha value is -1.26. The third-order valence-corrected chi connectivity index (χ3v) is 3.31. The van der Waals surface area contributed by atoms with E-state index in [1.54, 1.807) is 7.11 Å². The average molecular weight is 285 g/mol. The van der Waals surface area contributed by atoms with E-state index < -0.39 is 0 Å². The second kappa shape index (κ2) is 8.02. The van der Waals surface area contributed by atoms with Gasteiger partial charge < -0.3 is 15.4 Å². The minimum atomic E-state index is 0. The summed E-state index contributed by atoms with van der Waals surface area (Å²) in [6.45, 7) is 2.34. The van der Waals surface area contributed by atoms with Crippen LogP contribution in [-0.2, 0) is 11.3 Å². The third-order valence-electron chi connectivity index (χ3n) is 3.31. The molecule has 106 valence electrons. The number of hydrogen-bond acceptors (Lipinski definition) is 3. The number of ether oxygens (including phenoxy) is 1. The van der Waals surface area contributed by atoms with Crippen molar-refractivity contribution in [1.82, 2.24) is 10.6 Å². The number of piperidine rings is 1. The summed E-state index contributed by atoms with van der Waals surface area (Å²) in [5.41, 5.74) is 1.01. The Morgan fingerprint density at radius 3 is 2.95 bits per heavy atom. The Morgan fingerprint density at radius 2 is 2.26 bits per heavy atom. The Morgan fingerprint density at radius 1 is 1.47 bits per heavy atom. The number of para-hydroxylation sites is 1. The molecule has 1 saturated heterocycles. The first-order valence-corrected chi connectivity index (χ1v) is 6.41. The molecular weight excluding hydrogens is 264 g/mol. The van der Waals surface area contributed by atoms with Gasteiger partial charge in [-0.05, 0) is 25.5 Å². The van der Waals surface area contributed by atoms with E-state index in [2.05, 4.69) is 10.6 Å². The molecule has 0 aliphatic carbocycles. The van der Waals surface area contributed by atoms with Gasteiger partial charge in [0.15, 0.2) is 0 Å². The van der Waals surface area contributed by atoms with E-state index in [0.717, 1.165) is 37.2 Å². The van der Waals surface area contributed by atoms with Crippen LogP contribution in [0.25, 0.3) is 0 Å². The molecule has 1 amide bonds. The predicted molar refractivity (Wildman–Crippen MR) is 77.7 cm³/mol. The molecule has 1 fully saturated rings. The van der Waals surface area contributed by atoms with E-state index in [4.69, 9.17) is 4.74 Å². The largest absolute Gasteiger partial charge is 0.496 e. The zero-order chi connectivity index (χ0) is 12.8. The lowest BCUT2D eigenvalue weighted by molar-refractivity contribution is -0.125. The highest BCUT2D eigenvalue weighted by molar-refractivity contribution is 5.85. The summed E-state index contributed by atoms with van der Waals surface area (Å²) >= 11 is 0. The van der Waals surface area contributed by atoms with Crippen LogP contribution >= 0.6 is 12.4 Å². The first-order chi connectivity index (χ1) is 8.81. The highest BCUT2D eigenvalue weighted by Gasteiger charge is 2.20. The van der Waals surface area contributed by atoms with Gasteiger partial charge in [0.05, 0.1) is 13.0 Å². The molecule has 1 aromatic carbocycles. The molecule has 2 N–H and O–H groups in total. The van der Waals surface area contributed by atoms with Crippen LogP contribution in [0.15, 0.2) is 24.3 Å². The van der Waals surface area contributed by atoms with Gasteiger partial charge >= 0.3 is 0 Å². The number of hydrogen-bond donors (Lipinski definition) is 2. The normalized spacial score (nSPS) is 18.3. The summed E-state index contributed by atoms with van der Waals surface area (Å²) in [5, 5.41) is 6.24. The number of methoxy groups -OCH3 is 1. The molecule has 1 aliphatic rings. The van der Waals surface area contributed by atoms with Crippen LogP contribution in [0.2, 0.25) is 0 Å². The van der Waals surface area contributed by atoms with Crippen LogP contribution in [0.4, 0.5) is 0 Å². The van der Waals surface area contributed by atoms with Crippen LogP contribution < -0.4 is 15.4 Å². The molecule has 0 unspecified atom stereocenters. The van der Waals surface area contributed by atoms with Crippen molar-refractivity contribution in [3.05, 3.63) is 29.8 Å². The monoisotopic (exact) mass is 284 g/mol. The molecule has 0 radical (unpaired) electrons. The van der Waals surface area contributed by atoms with E-state index in [1.807, 2.05) is 24.3 Å². The van der Waals surface area contributed by atoms with Gasteiger partial charge in [0.2, 0.25) is 5.91 Å². The quantitative estimate of drug-likeness (QED) is 0.885. The second-order valence-corrected chi connectivity index (χ2v) is 4.57. The number of carbonyl (C=O) groups is 1. The Kier molecular flexibility index (Phi) is 6.67. The van der Waals surface area contributed by atoms with E-state index in [1.165, 1.54) is 0 Å². The van der Waals surface area contributed by atoms with Crippen molar-refractivity contribution in [2.75, 3.05) is 20.2 Å². The number of halogens is 1. The van der Waals surface area contributed by atoms with Gasteiger partial charge in [0, 0.05) is 18.7 Å². The molecule has 1 heterocycles. The molecular formula is C14H21ClN2O2. The van der Waals surface area contributed by atoms with Crippen LogP contribution in [0, 0.1) is 5.92 Å². The van der Waals surface area contributed by atoms with Crippen molar-refractivity contribution in [1.29, 1.82) is 0 Å². The summed E-state index contributed by atoms with van der Waals surface area (Å²) in [7, 11) is 1.64. The van der Waals surface area contributed by atoms with Crippen molar-refractivity contribution >= 4 is 18.3 Å². The second-order valence-electron chi connectivity index (χ2n) is 4.57. The first-order valence-electron chi connectivity index (χ1n) is 6.41. The van der Waals surface area contributed by atoms with Crippen molar-refractivity contribution < 1.29 is 9.53 Å². The average Bonchev–Trinajstić information content (AvgIpc) is 2.46. The lowest BCUT2D eigenvalue weighted by Gasteiger charge is -2.22. The van der Waals surface area contributed by atoms with E-state index in [0.29, 0.717) is 6.54 Å². The Bertz CT molecular complexity index is 406. The van der Waals surface area contributed by atoms with Crippen molar-refractivity contribution in [3.8, 4) is 5.75 Å². The molecule has 5 heteroatoms. The van der Waals surface area contributed by atoms with Gasteiger partial charge in [-0.25, -0.2) is 0 Å². The van der Waals surface area contributed by atoms with Gasteiger partial charge in [-0.3, -0.25) is 4.79 Å². The maximum absolute atomic E-state index is 12.0. The minimum Gasteiger partial charge on any atom is -0.496 e. The fourth-order valence-electron chi connectivity index (χ4n) is 2.25. The SMILES string of the molecule is COc1ccccc1CNC(=O)[C@@H]1CCCNC1.Cl. The van der Waals surface area contributed by atoms with Crippen molar-refractivity contribution in [2.24, 2.45) is 5.92 Å². The van der Waals surface area contributed by atoms with Crippen molar-refractivity contribution in [3.63, 3.8) is 0 Å². The topological polar surface area (TPSA) is 50.4 Å². The fraction of sp³-hybridized carbons (Fsp3) is 0.500. The van der Waals surface area contributed by atoms with Gasteiger partial charge in [0.1, 0.15) is 5.75 Å². The molecule has 1 aliphatic heterocycles. The number of carbonyl (C=O) groups excluding carboxylic acids is 1. The highest BCUT2D eigenvalue weighted by atomic mass is 35.5. The zero-order valence-electron chi connectivity index (χ0n) is 11.1. The standard InChI is InChI=1S/C14H20N2O2.ClH/c1-18-13-7-3-2-5-11(13)10-16-14(17)12-6-4-8-15-9-12;/h2-3,5,7,12,15H,4,6,8-10H2,1H3,(H,16,17);1H/t12-;/m1./s1. The van der Waals surface area contributed by atoms with Gasteiger partial charge in [-0.15, -0.1) is 12.4 Å². The lowest BCUT2D eigenvalue weighted by Crippen LogP contribution is -2.40. The van der Waals surface area contributed by atoms with Gasteiger partial charge in [0.25, 0.3) is 0 Å². The molecule has 0 bridgehead atoms. The fourth-order valence-corrected chi connectivity index (χ4v) is 2.25. The molecule has 19 heavy (non-hydrogen) atoms. The first kappa shape index (κ1) is 15.8. The summed E-state index contributed by atoms with van der Waals surface area (Å²) < 4.78 is 5.26. The molecule has 0 saturated carbocycles. The van der Waals surface area contributed by atoms with Gasteiger partial charge in [-0.1, -0.05) is 18.2 Å². The third kappa shape index (κ3) is 4.40. The summed E-state index contributed by atoms with van der Waals surface area (Å²) in [6.07, 6.45) is 2.05. The summed E-state index contributed by atoms with van der Waals surface area (Å²) in [6, 6.07) is 7.75.